The number of hydrogen-bond donors (Lipinski definition) is 0. The van der Waals surface area contributed by atoms with Gasteiger partial charge in [0.2, 0.25) is 0 Å². The fourth-order valence-corrected chi connectivity index (χ4v) is 1.37. The van der Waals surface area contributed by atoms with Crippen LogP contribution in [0.25, 0.3) is 0 Å². The molecule has 0 radical (unpaired) electrons. The highest BCUT2D eigenvalue weighted by Gasteiger charge is 2.02. The minimum Gasteiger partial charge on any atom is -0.115 e. The van der Waals surface area contributed by atoms with E-state index in [1.807, 2.05) is 18.2 Å². The van der Waals surface area contributed by atoms with Crippen LogP contribution in [0, 0.1) is 24.7 Å². The second-order valence-electron chi connectivity index (χ2n) is 2.88. The van der Waals surface area contributed by atoms with Gasteiger partial charge in [0.1, 0.15) is 0 Å². The summed E-state index contributed by atoms with van der Waals surface area (Å²) < 4.78 is 0. The largest absolute Gasteiger partial charge is 0.115 e. The van der Waals surface area contributed by atoms with E-state index in [1.54, 1.807) is 0 Å². The van der Waals surface area contributed by atoms with E-state index in [9.17, 15) is 0 Å². The van der Waals surface area contributed by atoms with E-state index in [4.69, 9.17) is 12.8 Å². The number of aryl methyl sites for hydroxylation is 1. The zero-order valence-corrected chi connectivity index (χ0v) is 7.80. The summed E-state index contributed by atoms with van der Waals surface area (Å²) in [4.78, 5) is 0. The lowest BCUT2D eigenvalue weighted by molar-refractivity contribution is 0.918. The lowest BCUT2D eigenvalue weighted by Crippen LogP contribution is -1.92. The van der Waals surface area contributed by atoms with E-state index in [0.717, 1.165) is 24.0 Å². The lowest BCUT2D eigenvalue weighted by atomic mass is 9.99. The quantitative estimate of drug-likeness (QED) is 0.595. The Kier molecular flexibility index (Phi) is 3.18. The first kappa shape index (κ1) is 9.43. The maximum absolute atomic E-state index is 5.41. The van der Waals surface area contributed by atoms with Gasteiger partial charge in [-0.25, -0.2) is 0 Å². The smallest absolute Gasteiger partial charge is 0.0431 e. The summed E-state index contributed by atoms with van der Waals surface area (Å²) in [6, 6.07) is 5.88. The Balaban J connectivity index is 3.23. The van der Waals surface area contributed by atoms with Crippen LogP contribution in [0.3, 0.4) is 0 Å². The molecule has 1 aromatic carbocycles. The molecule has 0 aromatic heterocycles. The van der Waals surface area contributed by atoms with Crippen molar-refractivity contribution in [2.75, 3.05) is 0 Å². The monoisotopic (exact) mass is 168 g/mol. The van der Waals surface area contributed by atoms with Gasteiger partial charge < -0.3 is 0 Å². The molecule has 1 aromatic rings. The van der Waals surface area contributed by atoms with Crippen molar-refractivity contribution in [1.29, 1.82) is 0 Å². The van der Waals surface area contributed by atoms with Gasteiger partial charge in [-0.1, -0.05) is 37.3 Å². The predicted molar refractivity (Wildman–Crippen MR) is 56.3 cm³/mol. The Labute approximate surface area is 80.0 Å². The van der Waals surface area contributed by atoms with E-state index in [-0.39, 0.29) is 0 Å². The maximum Gasteiger partial charge on any atom is 0.0431 e. The summed E-state index contributed by atoms with van der Waals surface area (Å²) in [5.74, 6) is 5.26. The topological polar surface area (TPSA) is 0 Å². The molecule has 0 heterocycles. The average Bonchev–Trinajstić information content (AvgIpc) is 2.18. The molecule has 0 saturated heterocycles. The summed E-state index contributed by atoms with van der Waals surface area (Å²) in [5.41, 5.74) is 2.89. The van der Waals surface area contributed by atoms with E-state index in [1.165, 1.54) is 5.56 Å². The normalized spacial score (nSPS) is 8.85. The van der Waals surface area contributed by atoms with Gasteiger partial charge >= 0.3 is 0 Å². The summed E-state index contributed by atoms with van der Waals surface area (Å²) in [7, 11) is 0. The second-order valence-corrected chi connectivity index (χ2v) is 2.88. The third-order valence-electron chi connectivity index (χ3n) is 1.97. The van der Waals surface area contributed by atoms with Crippen LogP contribution in [-0.4, -0.2) is 0 Å². The number of benzene rings is 1. The summed E-state index contributed by atoms with van der Waals surface area (Å²) in [6.45, 7) is 2.13. The maximum atomic E-state index is 5.41. The molecular formula is C13H12. The Morgan fingerprint density at radius 1 is 1.23 bits per heavy atom. The number of terminal acetylenes is 2. The van der Waals surface area contributed by atoms with E-state index in [0.29, 0.717) is 0 Å². The molecule has 0 N–H and O–H groups in total. The van der Waals surface area contributed by atoms with Crippen LogP contribution in [0.15, 0.2) is 18.2 Å². The van der Waals surface area contributed by atoms with E-state index >= 15 is 0 Å². The Bertz CT molecular complexity index is 372. The fourth-order valence-electron chi connectivity index (χ4n) is 1.37. The van der Waals surface area contributed by atoms with Crippen molar-refractivity contribution in [2.45, 2.75) is 19.8 Å². The van der Waals surface area contributed by atoms with Crippen molar-refractivity contribution in [2.24, 2.45) is 0 Å². The van der Waals surface area contributed by atoms with Gasteiger partial charge in [-0.3, -0.25) is 0 Å². The molecule has 0 fully saturated rings. The van der Waals surface area contributed by atoms with Crippen LogP contribution in [0.2, 0.25) is 0 Å². The molecule has 0 amide bonds. The van der Waals surface area contributed by atoms with E-state index in [2.05, 4.69) is 18.8 Å². The van der Waals surface area contributed by atoms with Gasteiger partial charge in [0.15, 0.2) is 0 Å². The van der Waals surface area contributed by atoms with Crippen molar-refractivity contribution < 1.29 is 0 Å². The minimum absolute atomic E-state index is 0.827. The molecule has 0 bridgehead atoms. The predicted octanol–water partition coefficient (Wildman–Crippen LogP) is 2.60. The molecular weight excluding hydrogens is 156 g/mol. The highest BCUT2D eigenvalue weighted by atomic mass is 14.0. The van der Waals surface area contributed by atoms with Gasteiger partial charge in [0.05, 0.1) is 0 Å². The van der Waals surface area contributed by atoms with Crippen molar-refractivity contribution in [3.05, 3.63) is 34.9 Å². The number of rotatable bonds is 2. The molecule has 0 aliphatic heterocycles. The van der Waals surface area contributed by atoms with Crippen LogP contribution in [0.1, 0.15) is 30.0 Å². The first-order chi connectivity index (χ1) is 6.33. The highest BCUT2D eigenvalue weighted by Crippen LogP contribution is 2.14. The molecule has 0 aliphatic carbocycles. The minimum atomic E-state index is 0.827. The zero-order valence-electron chi connectivity index (χ0n) is 7.80. The molecule has 13 heavy (non-hydrogen) atoms. The van der Waals surface area contributed by atoms with Gasteiger partial charge in [-0.2, -0.15) is 0 Å². The van der Waals surface area contributed by atoms with Gasteiger partial charge in [0, 0.05) is 11.1 Å². The highest BCUT2D eigenvalue weighted by molar-refractivity contribution is 5.52. The van der Waals surface area contributed by atoms with Crippen molar-refractivity contribution in [1.82, 2.24) is 0 Å². The molecule has 0 spiro atoms. The third kappa shape index (κ3) is 1.92. The average molecular weight is 168 g/mol. The summed E-state index contributed by atoms with van der Waals surface area (Å²) in [5, 5.41) is 0. The first-order valence-electron chi connectivity index (χ1n) is 4.38. The zero-order chi connectivity index (χ0) is 9.68. The molecule has 0 nitrogen and oxygen atoms in total. The van der Waals surface area contributed by atoms with Gasteiger partial charge in [-0.05, 0) is 18.1 Å². The van der Waals surface area contributed by atoms with Crippen LogP contribution < -0.4 is 0 Å². The summed E-state index contributed by atoms with van der Waals surface area (Å²) in [6.07, 6.45) is 12.8. The molecule has 0 saturated carbocycles. The molecule has 0 atom stereocenters. The number of hydrogen-bond acceptors (Lipinski definition) is 0. The van der Waals surface area contributed by atoms with Crippen molar-refractivity contribution >= 4 is 0 Å². The van der Waals surface area contributed by atoms with Gasteiger partial charge in [0.25, 0.3) is 0 Å². The van der Waals surface area contributed by atoms with Crippen LogP contribution in [0.4, 0.5) is 0 Å². The molecule has 0 aliphatic rings. The van der Waals surface area contributed by atoms with E-state index < -0.39 is 0 Å². The lowest BCUT2D eigenvalue weighted by Gasteiger charge is -2.04. The fraction of sp³-hybridized carbons (Fsp3) is 0.231. The summed E-state index contributed by atoms with van der Waals surface area (Å²) >= 11 is 0. The van der Waals surface area contributed by atoms with Crippen molar-refractivity contribution in [3.63, 3.8) is 0 Å². The Morgan fingerprint density at radius 3 is 2.54 bits per heavy atom. The molecule has 0 heteroatoms. The third-order valence-corrected chi connectivity index (χ3v) is 1.97. The van der Waals surface area contributed by atoms with Crippen LogP contribution >= 0.6 is 0 Å². The van der Waals surface area contributed by atoms with Crippen molar-refractivity contribution in [3.8, 4) is 24.7 Å². The molecule has 64 valence electrons. The van der Waals surface area contributed by atoms with Crippen LogP contribution in [-0.2, 0) is 6.42 Å². The van der Waals surface area contributed by atoms with Gasteiger partial charge in [-0.15, -0.1) is 12.8 Å². The van der Waals surface area contributed by atoms with Crippen LogP contribution in [0.5, 0.6) is 0 Å². The second kappa shape index (κ2) is 4.39. The first-order valence-corrected chi connectivity index (χ1v) is 4.38. The Morgan fingerprint density at radius 2 is 2.00 bits per heavy atom. The molecule has 0 unspecified atom stereocenters. The SMILES string of the molecule is C#Cc1cccc(CCC)c1C#C. The standard InChI is InChI=1S/C13H12/c1-4-8-12-10-7-9-11(5-2)13(12)6-3/h2-3,7,9-10H,4,8H2,1H3. The molecule has 1 rings (SSSR count). The Hall–Kier alpha value is -1.66.